The zero-order valence-corrected chi connectivity index (χ0v) is 8.47. The molecule has 1 rings (SSSR count). The zero-order chi connectivity index (χ0) is 12.0. The second kappa shape index (κ2) is 5.51. The highest BCUT2D eigenvalue weighted by molar-refractivity contribution is 5.91. The Morgan fingerprint density at radius 3 is 2.75 bits per heavy atom. The minimum Gasteiger partial charge on any atom is -0.465 e. The third kappa shape index (κ3) is 2.82. The number of hydrogen-bond acceptors (Lipinski definition) is 5. The number of methoxy groups -OCH3 is 1. The van der Waals surface area contributed by atoms with Crippen LogP contribution in [-0.4, -0.2) is 25.2 Å². The van der Waals surface area contributed by atoms with E-state index in [-0.39, 0.29) is 5.56 Å². The lowest BCUT2D eigenvalue weighted by atomic mass is 10.2. The first-order valence-corrected chi connectivity index (χ1v) is 4.34. The van der Waals surface area contributed by atoms with E-state index in [1.54, 1.807) is 12.1 Å². The van der Waals surface area contributed by atoms with Crippen LogP contribution in [0.4, 0.5) is 0 Å². The molecule has 0 fully saturated rings. The molecule has 0 bridgehead atoms. The van der Waals surface area contributed by atoms with Crippen molar-refractivity contribution in [2.75, 3.05) is 7.11 Å². The molecule has 1 unspecified atom stereocenters. The third-order valence-electron chi connectivity index (χ3n) is 1.69. The Balaban J connectivity index is 2.71. The number of esters is 2. The summed E-state index contributed by atoms with van der Waals surface area (Å²) in [7, 11) is 1.11. The van der Waals surface area contributed by atoms with Crippen molar-refractivity contribution < 1.29 is 19.1 Å². The van der Waals surface area contributed by atoms with Crippen molar-refractivity contribution in [1.29, 1.82) is 5.26 Å². The maximum atomic E-state index is 11.4. The molecule has 1 radical (unpaired) electrons. The second-order valence-corrected chi connectivity index (χ2v) is 2.71. The fourth-order valence-corrected chi connectivity index (χ4v) is 0.925. The molecule has 1 atom stereocenters. The van der Waals surface area contributed by atoms with Gasteiger partial charge in [-0.1, -0.05) is 18.2 Å². The SMILES string of the molecule is COC(=O)C(C#N)OC(=O)c1[c]cccc1. The Labute approximate surface area is 92.2 Å². The number of ether oxygens (including phenoxy) is 2. The Morgan fingerprint density at radius 2 is 2.25 bits per heavy atom. The van der Waals surface area contributed by atoms with E-state index in [9.17, 15) is 9.59 Å². The molecule has 0 N–H and O–H groups in total. The molecular weight excluding hydrogens is 210 g/mol. The number of hydrogen-bond donors (Lipinski definition) is 0. The summed E-state index contributed by atoms with van der Waals surface area (Å²) in [5, 5.41) is 8.59. The van der Waals surface area contributed by atoms with Gasteiger partial charge < -0.3 is 9.47 Å². The fourth-order valence-electron chi connectivity index (χ4n) is 0.925. The summed E-state index contributed by atoms with van der Waals surface area (Å²) in [4.78, 5) is 22.4. The monoisotopic (exact) mass is 218 g/mol. The maximum absolute atomic E-state index is 11.4. The van der Waals surface area contributed by atoms with E-state index in [1.807, 2.05) is 0 Å². The van der Waals surface area contributed by atoms with E-state index >= 15 is 0 Å². The highest BCUT2D eigenvalue weighted by Crippen LogP contribution is 2.03. The lowest BCUT2D eigenvalue weighted by Gasteiger charge is -2.08. The standard InChI is InChI=1S/C11H8NO4/c1-15-11(14)9(7-12)16-10(13)8-5-3-2-4-6-8/h2-5,9H,1H3. The Hall–Kier alpha value is -2.35. The number of carbonyl (C=O) groups excluding carboxylic acids is 2. The van der Waals surface area contributed by atoms with Crippen molar-refractivity contribution in [3.8, 4) is 6.07 Å². The van der Waals surface area contributed by atoms with Gasteiger partial charge in [-0.2, -0.15) is 5.26 Å². The van der Waals surface area contributed by atoms with Gasteiger partial charge in [0.15, 0.2) is 0 Å². The average molecular weight is 218 g/mol. The van der Waals surface area contributed by atoms with Crippen LogP contribution in [-0.2, 0) is 14.3 Å². The van der Waals surface area contributed by atoms with Crippen LogP contribution >= 0.6 is 0 Å². The van der Waals surface area contributed by atoms with Crippen molar-refractivity contribution in [1.82, 2.24) is 0 Å². The van der Waals surface area contributed by atoms with E-state index in [0.717, 1.165) is 7.11 Å². The summed E-state index contributed by atoms with van der Waals surface area (Å²) < 4.78 is 8.92. The predicted molar refractivity (Wildman–Crippen MR) is 52.1 cm³/mol. The van der Waals surface area contributed by atoms with Crippen LogP contribution in [0.5, 0.6) is 0 Å². The molecular formula is C11H8NO4. The Morgan fingerprint density at radius 1 is 1.50 bits per heavy atom. The van der Waals surface area contributed by atoms with E-state index in [4.69, 9.17) is 5.26 Å². The Kier molecular flexibility index (Phi) is 4.04. The number of rotatable bonds is 3. The molecule has 0 saturated heterocycles. The molecule has 5 heteroatoms. The normalized spacial score (nSPS) is 11.0. The van der Waals surface area contributed by atoms with E-state index < -0.39 is 18.0 Å². The first-order valence-electron chi connectivity index (χ1n) is 4.34. The van der Waals surface area contributed by atoms with Crippen LogP contribution in [0, 0.1) is 17.4 Å². The lowest BCUT2D eigenvalue weighted by Crippen LogP contribution is -2.26. The average Bonchev–Trinajstić information content (AvgIpc) is 2.35. The molecule has 1 aromatic rings. The van der Waals surface area contributed by atoms with Crippen molar-refractivity contribution in [3.63, 3.8) is 0 Å². The molecule has 0 saturated carbocycles. The maximum Gasteiger partial charge on any atom is 0.362 e. The molecule has 0 aromatic heterocycles. The van der Waals surface area contributed by atoms with Gasteiger partial charge in [-0.15, -0.1) is 0 Å². The van der Waals surface area contributed by atoms with E-state index in [2.05, 4.69) is 15.5 Å². The molecule has 16 heavy (non-hydrogen) atoms. The quantitative estimate of drug-likeness (QED) is 0.698. The van der Waals surface area contributed by atoms with Crippen molar-refractivity contribution in [2.45, 2.75) is 6.10 Å². The summed E-state index contributed by atoms with van der Waals surface area (Å²) in [5.41, 5.74) is 0.145. The van der Waals surface area contributed by atoms with Gasteiger partial charge in [0.1, 0.15) is 6.07 Å². The Bertz CT molecular complexity index is 421. The summed E-state index contributed by atoms with van der Waals surface area (Å²) in [6.07, 6.45) is -1.55. The number of benzene rings is 1. The summed E-state index contributed by atoms with van der Waals surface area (Å²) in [5.74, 6) is -1.70. The number of nitrogens with zero attached hydrogens (tertiary/aromatic N) is 1. The van der Waals surface area contributed by atoms with E-state index in [1.165, 1.54) is 18.2 Å². The molecule has 0 amide bonds. The lowest BCUT2D eigenvalue weighted by molar-refractivity contribution is -0.147. The molecule has 0 aliphatic rings. The van der Waals surface area contributed by atoms with Crippen LogP contribution in [0.2, 0.25) is 0 Å². The van der Waals surface area contributed by atoms with E-state index in [0.29, 0.717) is 0 Å². The van der Waals surface area contributed by atoms with Gasteiger partial charge in [0.25, 0.3) is 6.10 Å². The van der Waals surface area contributed by atoms with Crippen molar-refractivity contribution >= 4 is 11.9 Å². The summed E-state index contributed by atoms with van der Waals surface area (Å²) >= 11 is 0. The predicted octanol–water partition coefficient (Wildman–Crippen LogP) is 0.709. The number of nitriles is 1. The fraction of sp³-hybridized carbons (Fsp3) is 0.182. The molecule has 0 aliphatic heterocycles. The molecule has 0 spiro atoms. The van der Waals surface area contributed by atoms with Gasteiger partial charge in [-0.25, -0.2) is 9.59 Å². The molecule has 0 aliphatic carbocycles. The smallest absolute Gasteiger partial charge is 0.362 e. The minimum atomic E-state index is -1.55. The van der Waals surface area contributed by atoms with Gasteiger partial charge in [0.2, 0.25) is 0 Å². The zero-order valence-electron chi connectivity index (χ0n) is 8.47. The third-order valence-corrected chi connectivity index (χ3v) is 1.69. The highest BCUT2D eigenvalue weighted by atomic mass is 16.6. The van der Waals surface area contributed by atoms with Gasteiger partial charge in [-0.05, 0) is 12.1 Å². The van der Waals surface area contributed by atoms with Crippen LogP contribution in [0.1, 0.15) is 10.4 Å². The van der Waals surface area contributed by atoms with Crippen molar-refractivity contribution in [2.24, 2.45) is 0 Å². The van der Waals surface area contributed by atoms with Gasteiger partial charge in [0, 0.05) is 0 Å². The molecule has 0 heterocycles. The minimum absolute atomic E-state index is 0.145. The van der Waals surface area contributed by atoms with Crippen LogP contribution < -0.4 is 0 Å². The molecule has 5 nitrogen and oxygen atoms in total. The molecule has 1 aromatic carbocycles. The highest BCUT2D eigenvalue weighted by Gasteiger charge is 2.23. The van der Waals surface area contributed by atoms with Gasteiger partial charge >= 0.3 is 11.9 Å². The van der Waals surface area contributed by atoms with Gasteiger partial charge in [-0.3, -0.25) is 0 Å². The largest absolute Gasteiger partial charge is 0.465 e. The summed E-state index contributed by atoms with van der Waals surface area (Å²) in [6.45, 7) is 0. The topological polar surface area (TPSA) is 76.4 Å². The van der Waals surface area contributed by atoms with Crippen LogP contribution in [0.25, 0.3) is 0 Å². The molecule has 81 valence electrons. The summed E-state index contributed by atoms with van der Waals surface area (Å²) in [6, 6.07) is 10.4. The van der Waals surface area contributed by atoms with Crippen molar-refractivity contribution in [3.05, 3.63) is 35.9 Å². The van der Waals surface area contributed by atoms with Crippen LogP contribution in [0.3, 0.4) is 0 Å². The van der Waals surface area contributed by atoms with Crippen LogP contribution in [0.15, 0.2) is 24.3 Å². The first kappa shape index (κ1) is 11.7. The second-order valence-electron chi connectivity index (χ2n) is 2.71. The first-order chi connectivity index (χ1) is 7.69. The van der Waals surface area contributed by atoms with Gasteiger partial charge in [0.05, 0.1) is 12.7 Å². The number of carbonyl (C=O) groups is 2.